The fourth-order valence-corrected chi connectivity index (χ4v) is 4.25. The average molecular weight is 340 g/mol. The van der Waals surface area contributed by atoms with Gasteiger partial charge >= 0.3 is 0 Å². The van der Waals surface area contributed by atoms with Gasteiger partial charge in [0, 0.05) is 37.1 Å². The van der Waals surface area contributed by atoms with Crippen molar-refractivity contribution in [1.82, 2.24) is 5.16 Å². The molecule has 2 fully saturated rings. The molecule has 1 N–H and O–H groups in total. The molecule has 2 saturated heterocycles. The van der Waals surface area contributed by atoms with E-state index in [0.717, 1.165) is 44.8 Å². The van der Waals surface area contributed by atoms with Crippen molar-refractivity contribution >= 4 is 23.6 Å². The summed E-state index contributed by atoms with van der Waals surface area (Å²) in [4.78, 5) is 12.6. The van der Waals surface area contributed by atoms with E-state index in [1.54, 1.807) is 11.8 Å². The highest BCUT2D eigenvalue weighted by Crippen LogP contribution is 2.35. The number of rotatable bonds is 5. The average Bonchev–Trinajstić information content (AvgIpc) is 3.18. The number of anilines is 1. The van der Waals surface area contributed by atoms with Gasteiger partial charge in [-0.25, -0.2) is 0 Å². The molecule has 2 aliphatic heterocycles. The molecule has 1 amide bonds. The molecule has 23 heavy (non-hydrogen) atoms. The van der Waals surface area contributed by atoms with Gasteiger partial charge in [-0.05, 0) is 33.1 Å². The van der Waals surface area contributed by atoms with E-state index in [4.69, 9.17) is 14.0 Å². The van der Waals surface area contributed by atoms with Crippen molar-refractivity contribution < 1.29 is 18.8 Å². The molecule has 6 nitrogen and oxygen atoms in total. The lowest BCUT2D eigenvalue weighted by atomic mass is 10.1. The van der Waals surface area contributed by atoms with Crippen molar-refractivity contribution in [3.63, 3.8) is 0 Å². The number of amides is 1. The van der Waals surface area contributed by atoms with Gasteiger partial charge in [0.15, 0.2) is 0 Å². The molecule has 1 aromatic rings. The Morgan fingerprint density at radius 1 is 1.26 bits per heavy atom. The van der Waals surface area contributed by atoms with Crippen LogP contribution in [0.5, 0.6) is 0 Å². The highest BCUT2D eigenvalue weighted by atomic mass is 32.2. The lowest BCUT2D eigenvalue weighted by Gasteiger charge is -2.30. The Balaban J connectivity index is 1.56. The first kappa shape index (κ1) is 16.8. The molecule has 3 rings (SSSR count). The fraction of sp³-hybridized carbons (Fsp3) is 0.750. The standard InChI is InChI=1S/C16H24N2O4S/c1-16(2,23-12-4-7-20-8-5-12)15(19)17-14-9-13(18-22-14)11-3-6-21-10-11/h9,11-12H,3-8,10H2,1-2H3,(H,17,19). The van der Waals surface area contributed by atoms with Crippen LogP contribution < -0.4 is 5.32 Å². The minimum absolute atomic E-state index is 0.0561. The monoisotopic (exact) mass is 340 g/mol. The summed E-state index contributed by atoms with van der Waals surface area (Å²) < 4.78 is 15.5. The van der Waals surface area contributed by atoms with Gasteiger partial charge in [-0.15, -0.1) is 11.8 Å². The van der Waals surface area contributed by atoms with Gasteiger partial charge in [0.05, 0.1) is 17.0 Å². The molecule has 1 atom stereocenters. The van der Waals surface area contributed by atoms with Gasteiger partial charge in [-0.3, -0.25) is 10.1 Å². The van der Waals surface area contributed by atoms with Crippen LogP contribution in [-0.4, -0.2) is 47.5 Å². The Kier molecular flexibility index (Phi) is 5.28. The predicted molar refractivity (Wildman–Crippen MR) is 88.8 cm³/mol. The van der Waals surface area contributed by atoms with Crippen molar-refractivity contribution in [1.29, 1.82) is 0 Å². The molecule has 7 heteroatoms. The van der Waals surface area contributed by atoms with Crippen LogP contribution in [0, 0.1) is 0 Å². The minimum atomic E-state index is -0.522. The normalized spacial score (nSPS) is 23.1. The SMILES string of the molecule is CC(C)(SC1CCOCC1)C(=O)Nc1cc(C2CCOC2)no1. The molecule has 0 saturated carbocycles. The van der Waals surface area contributed by atoms with Crippen molar-refractivity contribution in [2.75, 3.05) is 31.7 Å². The van der Waals surface area contributed by atoms with Crippen LogP contribution in [-0.2, 0) is 14.3 Å². The second kappa shape index (κ2) is 7.23. The lowest BCUT2D eigenvalue weighted by molar-refractivity contribution is -0.117. The lowest BCUT2D eigenvalue weighted by Crippen LogP contribution is -2.37. The van der Waals surface area contributed by atoms with E-state index in [-0.39, 0.29) is 11.8 Å². The maximum atomic E-state index is 12.6. The number of thioether (sulfide) groups is 1. The van der Waals surface area contributed by atoms with Crippen LogP contribution in [0.1, 0.15) is 44.7 Å². The van der Waals surface area contributed by atoms with Crippen molar-refractivity contribution in [2.45, 2.75) is 49.0 Å². The third-order valence-corrected chi connectivity index (χ3v) is 5.87. The van der Waals surface area contributed by atoms with Gasteiger partial charge in [-0.1, -0.05) is 5.16 Å². The van der Waals surface area contributed by atoms with E-state index >= 15 is 0 Å². The number of carbonyl (C=O) groups excluding carboxylic acids is 1. The summed E-state index contributed by atoms with van der Waals surface area (Å²) in [5.74, 6) is 0.631. The molecule has 2 aliphatic rings. The summed E-state index contributed by atoms with van der Waals surface area (Å²) in [6, 6.07) is 1.81. The molecule has 0 aromatic carbocycles. The second-order valence-corrected chi connectivity index (χ2v) is 8.49. The third-order valence-electron chi connectivity index (χ3n) is 4.29. The van der Waals surface area contributed by atoms with E-state index in [2.05, 4.69) is 10.5 Å². The minimum Gasteiger partial charge on any atom is -0.381 e. The van der Waals surface area contributed by atoms with Crippen LogP contribution >= 0.6 is 11.8 Å². The molecule has 0 bridgehead atoms. The summed E-state index contributed by atoms with van der Waals surface area (Å²) in [7, 11) is 0. The van der Waals surface area contributed by atoms with Crippen molar-refractivity contribution in [3.8, 4) is 0 Å². The first-order valence-corrected chi connectivity index (χ1v) is 9.04. The number of nitrogens with zero attached hydrogens (tertiary/aromatic N) is 1. The molecular formula is C16H24N2O4S. The number of hydrogen-bond acceptors (Lipinski definition) is 6. The van der Waals surface area contributed by atoms with Crippen LogP contribution in [0.4, 0.5) is 5.88 Å². The molecule has 0 radical (unpaired) electrons. The zero-order valence-corrected chi connectivity index (χ0v) is 14.5. The molecule has 3 heterocycles. The molecule has 0 aliphatic carbocycles. The smallest absolute Gasteiger partial charge is 0.242 e. The Labute approximate surface area is 140 Å². The highest BCUT2D eigenvalue weighted by molar-refractivity contribution is 8.02. The van der Waals surface area contributed by atoms with Crippen LogP contribution in [0.3, 0.4) is 0 Å². The molecular weight excluding hydrogens is 316 g/mol. The summed E-state index contributed by atoms with van der Waals surface area (Å²) >= 11 is 1.71. The number of nitrogens with one attached hydrogen (secondary N) is 1. The van der Waals surface area contributed by atoms with Crippen LogP contribution in [0.2, 0.25) is 0 Å². The van der Waals surface area contributed by atoms with E-state index < -0.39 is 4.75 Å². The van der Waals surface area contributed by atoms with Crippen molar-refractivity contribution in [2.24, 2.45) is 0 Å². The summed E-state index contributed by atoms with van der Waals surface area (Å²) in [5, 5.41) is 7.37. The third kappa shape index (κ3) is 4.28. The molecule has 0 spiro atoms. The van der Waals surface area contributed by atoms with Gasteiger partial charge in [0.25, 0.3) is 0 Å². The highest BCUT2D eigenvalue weighted by Gasteiger charge is 2.33. The van der Waals surface area contributed by atoms with Gasteiger partial charge in [0.1, 0.15) is 0 Å². The number of ether oxygens (including phenoxy) is 2. The van der Waals surface area contributed by atoms with Gasteiger partial charge in [0.2, 0.25) is 11.8 Å². The Bertz CT molecular complexity index is 534. The summed E-state index contributed by atoms with van der Waals surface area (Å²) in [5.41, 5.74) is 0.854. The fourth-order valence-electron chi connectivity index (χ4n) is 2.83. The van der Waals surface area contributed by atoms with E-state index in [1.165, 1.54) is 0 Å². The van der Waals surface area contributed by atoms with Gasteiger partial charge in [-0.2, -0.15) is 0 Å². The summed E-state index contributed by atoms with van der Waals surface area (Å²) in [6.07, 6.45) is 2.94. The van der Waals surface area contributed by atoms with Crippen molar-refractivity contribution in [3.05, 3.63) is 11.8 Å². The Morgan fingerprint density at radius 2 is 2.00 bits per heavy atom. The second-order valence-electron chi connectivity index (χ2n) is 6.57. The maximum absolute atomic E-state index is 12.6. The predicted octanol–water partition coefficient (Wildman–Crippen LogP) is 2.81. The zero-order valence-electron chi connectivity index (χ0n) is 13.7. The quantitative estimate of drug-likeness (QED) is 0.888. The Morgan fingerprint density at radius 3 is 2.70 bits per heavy atom. The number of aromatic nitrogens is 1. The molecule has 1 unspecified atom stereocenters. The van der Waals surface area contributed by atoms with E-state index in [9.17, 15) is 4.79 Å². The molecule has 128 valence electrons. The summed E-state index contributed by atoms with van der Waals surface area (Å²) in [6.45, 7) is 6.89. The number of hydrogen-bond donors (Lipinski definition) is 1. The van der Waals surface area contributed by atoms with E-state index in [1.807, 2.05) is 19.9 Å². The zero-order chi connectivity index (χ0) is 16.3. The Hall–Kier alpha value is -1.05. The maximum Gasteiger partial charge on any atom is 0.242 e. The van der Waals surface area contributed by atoms with Crippen LogP contribution in [0.15, 0.2) is 10.6 Å². The van der Waals surface area contributed by atoms with E-state index in [0.29, 0.717) is 17.7 Å². The first-order valence-electron chi connectivity index (χ1n) is 8.16. The topological polar surface area (TPSA) is 73.6 Å². The number of carbonyl (C=O) groups is 1. The molecule has 1 aromatic heterocycles. The first-order chi connectivity index (χ1) is 11.0. The van der Waals surface area contributed by atoms with Gasteiger partial charge < -0.3 is 14.0 Å². The van der Waals surface area contributed by atoms with Crippen LogP contribution in [0.25, 0.3) is 0 Å². The largest absolute Gasteiger partial charge is 0.381 e.